The van der Waals surface area contributed by atoms with Crippen molar-refractivity contribution in [1.29, 1.82) is 0 Å². The molecule has 0 radical (unpaired) electrons. The van der Waals surface area contributed by atoms with E-state index in [1.807, 2.05) is 6.07 Å². The molecule has 0 spiro atoms. The maximum atomic E-state index is 11.9. The van der Waals surface area contributed by atoms with Crippen molar-refractivity contribution in [2.75, 3.05) is 44.8 Å². The molecule has 2 rings (SSSR count). The minimum Gasteiger partial charge on any atom is -0.383 e. The summed E-state index contributed by atoms with van der Waals surface area (Å²) in [5.74, 6) is 0.0611. The molecule has 1 unspecified atom stereocenters. The van der Waals surface area contributed by atoms with E-state index in [2.05, 4.69) is 39.8 Å². The first-order valence-corrected chi connectivity index (χ1v) is 7.58. The summed E-state index contributed by atoms with van der Waals surface area (Å²) in [5, 5.41) is 6.18. The van der Waals surface area contributed by atoms with Gasteiger partial charge in [0.15, 0.2) is 0 Å². The van der Waals surface area contributed by atoms with Gasteiger partial charge in [-0.1, -0.05) is 18.2 Å². The molecule has 1 aromatic rings. The molecule has 0 aliphatic carbocycles. The summed E-state index contributed by atoms with van der Waals surface area (Å²) in [5.41, 5.74) is 1.23. The molecule has 0 aromatic heterocycles. The molecule has 116 valence electrons. The summed E-state index contributed by atoms with van der Waals surface area (Å²) in [4.78, 5) is 14.2. The molecule has 1 fully saturated rings. The van der Waals surface area contributed by atoms with E-state index in [1.54, 1.807) is 7.11 Å². The molecule has 1 atom stereocenters. The highest BCUT2D eigenvalue weighted by Crippen LogP contribution is 2.19. The third kappa shape index (κ3) is 5.36. The molecule has 5 nitrogen and oxygen atoms in total. The van der Waals surface area contributed by atoms with Crippen molar-refractivity contribution in [2.45, 2.75) is 18.9 Å². The Morgan fingerprint density at radius 3 is 2.95 bits per heavy atom. The lowest BCUT2D eigenvalue weighted by Crippen LogP contribution is -2.49. The lowest BCUT2D eigenvalue weighted by molar-refractivity contribution is -0.121. The summed E-state index contributed by atoms with van der Waals surface area (Å²) in [6.07, 6.45) is 2.16. The van der Waals surface area contributed by atoms with Crippen molar-refractivity contribution in [3.8, 4) is 0 Å². The van der Waals surface area contributed by atoms with Gasteiger partial charge in [-0.25, -0.2) is 0 Å². The Balaban J connectivity index is 1.75. The number of ether oxygens (including phenoxy) is 1. The highest BCUT2D eigenvalue weighted by molar-refractivity contribution is 5.78. The van der Waals surface area contributed by atoms with Gasteiger partial charge in [-0.15, -0.1) is 0 Å². The highest BCUT2D eigenvalue weighted by Gasteiger charge is 2.21. The second-order valence-electron chi connectivity index (χ2n) is 5.36. The van der Waals surface area contributed by atoms with Crippen LogP contribution in [0.15, 0.2) is 30.3 Å². The van der Waals surface area contributed by atoms with Crippen LogP contribution < -0.4 is 15.5 Å². The number of carbonyl (C=O) groups is 1. The fraction of sp³-hybridized carbons (Fsp3) is 0.562. The molecular weight excluding hydrogens is 266 g/mol. The smallest absolute Gasteiger partial charge is 0.234 e. The number of carbonyl (C=O) groups excluding carboxylic acids is 1. The standard InChI is InChI=1S/C16H25N3O2/c1-21-11-9-17-12-16(20)18-14-6-5-10-19(13-14)15-7-3-2-4-8-15/h2-4,7-8,14,17H,5-6,9-13H2,1H3,(H,18,20). The Bertz CT molecular complexity index is 425. The maximum Gasteiger partial charge on any atom is 0.234 e. The summed E-state index contributed by atoms with van der Waals surface area (Å²) >= 11 is 0. The third-order valence-electron chi connectivity index (χ3n) is 3.68. The van der Waals surface area contributed by atoms with Crippen molar-refractivity contribution in [2.24, 2.45) is 0 Å². The summed E-state index contributed by atoms with van der Waals surface area (Å²) in [6.45, 7) is 3.62. The lowest BCUT2D eigenvalue weighted by Gasteiger charge is -2.34. The summed E-state index contributed by atoms with van der Waals surface area (Å²) in [6, 6.07) is 10.6. The minimum atomic E-state index is 0.0611. The van der Waals surface area contributed by atoms with Crippen molar-refractivity contribution in [1.82, 2.24) is 10.6 Å². The zero-order valence-electron chi connectivity index (χ0n) is 12.7. The molecule has 21 heavy (non-hydrogen) atoms. The van der Waals surface area contributed by atoms with Crippen LogP contribution in [0.3, 0.4) is 0 Å². The second-order valence-corrected chi connectivity index (χ2v) is 5.36. The summed E-state index contributed by atoms with van der Waals surface area (Å²) < 4.78 is 4.94. The maximum absolute atomic E-state index is 11.9. The fourth-order valence-electron chi connectivity index (χ4n) is 2.62. The van der Waals surface area contributed by atoms with E-state index in [0.29, 0.717) is 19.7 Å². The molecule has 0 bridgehead atoms. The number of para-hydroxylation sites is 1. The zero-order valence-corrected chi connectivity index (χ0v) is 12.7. The molecule has 5 heteroatoms. The fourth-order valence-corrected chi connectivity index (χ4v) is 2.62. The van der Waals surface area contributed by atoms with E-state index in [-0.39, 0.29) is 11.9 Å². The predicted octanol–water partition coefficient (Wildman–Crippen LogP) is 1.01. The van der Waals surface area contributed by atoms with Crippen molar-refractivity contribution in [3.05, 3.63) is 30.3 Å². The largest absolute Gasteiger partial charge is 0.383 e. The van der Waals surface area contributed by atoms with Crippen LogP contribution in [0.4, 0.5) is 5.69 Å². The van der Waals surface area contributed by atoms with E-state index >= 15 is 0 Å². The number of benzene rings is 1. The number of rotatable bonds is 7. The van der Waals surface area contributed by atoms with Gasteiger partial charge in [0.25, 0.3) is 0 Å². The van der Waals surface area contributed by atoms with Gasteiger partial charge >= 0.3 is 0 Å². The Kier molecular flexibility index (Phi) is 6.50. The van der Waals surface area contributed by atoms with Crippen LogP contribution in [-0.4, -0.2) is 51.8 Å². The average Bonchev–Trinajstić information content (AvgIpc) is 2.53. The van der Waals surface area contributed by atoms with Crippen LogP contribution in [0.25, 0.3) is 0 Å². The van der Waals surface area contributed by atoms with Crippen LogP contribution in [0.2, 0.25) is 0 Å². The van der Waals surface area contributed by atoms with Crippen molar-refractivity contribution < 1.29 is 9.53 Å². The molecule has 1 aliphatic heterocycles. The average molecular weight is 291 g/mol. The zero-order chi connectivity index (χ0) is 14.9. The molecule has 1 amide bonds. The van der Waals surface area contributed by atoms with Gasteiger partial charge in [0.05, 0.1) is 13.2 Å². The number of nitrogens with one attached hydrogen (secondary N) is 2. The van der Waals surface area contributed by atoms with Gasteiger partial charge in [0.1, 0.15) is 0 Å². The molecule has 0 saturated carbocycles. The van der Waals surface area contributed by atoms with Gasteiger partial charge in [-0.3, -0.25) is 4.79 Å². The monoisotopic (exact) mass is 291 g/mol. The van der Waals surface area contributed by atoms with Crippen LogP contribution in [-0.2, 0) is 9.53 Å². The van der Waals surface area contributed by atoms with E-state index in [0.717, 1.165) is 25.9 Å². The van der Waals surface area contributed by atoms with Crippen LogP contribution in [0, 0.1) is 0 Å². The Labute approximate surface area is 126 Å². The third-order valence-corrected chi connectivity index (χ3v) is 3.68. The van der Waals surface area contributed by atoms with Crippen LogP contribution in [0.5, 0.6) is 0 Å². The Hall–Kier alpha value is -1.59. The first-order chi connectivity index (χ1) is 10.3. The normalized spacial score (nSPS) is 18.5. The van der Waals surface area contributed by atoms with Gasteiger partial charge < -0.3 is 20.3 Å². The number of anilines is 1. The number of piperidine rings is 1. The van der Waals surface area contributed by atoms with E-state index in [4.69, 9.17) is 4.74 Å². The van der Waals surface area contributed by atoms with Crippen LogP contribution in [0.1, 0.15) is 12.8 Å². The lowest BCUT2D eigenvalue weighted by atomic mass is 10.0. The Morgan fingerprint density at radius 1 is 1.38 bits per heavy atom. The van der Waals surface area contributed by atoms with Crippen molar-refractivity contribution >= 4 is 11.6 Å². The quantitative estimate of drug-likeness (QED) is 0.736. The van der Waals surface area contributed by atoms with E-state index in [9.17, 15) is 4.79 Å². The van der Waals surface area contributed by atoms with Gasteiger partial charge in [0.2, 0.25) is 5.91 Å². The molecule has 1 aromatic carbocycles. The first kappa shape index (κ1) is 15.8. The topological polar surface area (TPSA) is 53.6 Å². The molecule has 1 heterocycles. The predicted molar refractivity (Wildman–Crippen MR) is 84.6 cm³/mol. The highest BCUT2D eigenvalue weighted by atomic mass is 16.5. The SMILES string of the molecule is COCCNCC(=O)NC1CCCN(c2ccccc2)C1. The Morgan fingerprint density at radius 2 is 2.19 bits per heavy atom. The van der Waals surface area contributed by atoms with Crippen LogP contribution >= 0.6 is 0 Å². The van der Waals surface area contributed by atoms with Gasteiger partial charge in [0, 0.05) is 38.5 Å². The number of nitrogens with zero attached hydrogens (tertiary/aromatic N) is 1. The van der Waals surface area contributed by atoms with E-state index in [1.165, 1.54) is 5.69 Å². The molecular formula is C16H25N3O2. The minimum absolute atomic E-state index is 0.0611. The number of amides is 1. The van der Waals surface area contributed by atoms with Crippen molar-refractivity contribution in [3.63, 3.8) is 0 Å². The van der Waals surface area contributed by atoms with Gasteiger partial charge in [-0.2, -0.15) is 0 Å². The number of hydrogen-bond acceptors (Lipinski definition) is 4. The first-order valence-electron chi connectivity index (χ1n) is 7.58. The second kappa shape index (κ2) is 8.64. The van der Waals surface area contributed by atoms with E-state index < -0.39 is 0 Å². The molecule has 2 N–H and O–H groups in total. The summed E-state index contributed by atoms with van der Waals surface area (Å²) in [7, 11) is 1.65. The number of hydrogen-bond donors (Lipinski definition) is 2. The van der Waals surface area contributed by atoms with Gasteiger partial charge in [-0.05, 0) is 25.0 Å². The molecule has 1 saturated heterocycles. The molecule has 1 aliphatic rings. The number of methoxy groups -OCH3 is 1.